The van der Waals surface area contributed by atoms with Crippen LogP contribution in [-0.4, -0.2) is 46.4 Å². The van der Waals surface area contributed by atoms with Gasteiger partial charge in [0.2, 0.25) is 0 Å². The smallest absolute Gasteiger partial charge is 0.324 e. The fourth-order valence-corrected chi connectivity index (χ4v) is 1.39. The zero-order valence-corrected chi connectivity index (χ0v) is 7.64. The normalized spacial score (nSPS) is 15.9. The summed E-state index contributed by atoms with van der Waals surface area (Å²) in [5, 5.41) is 14.4. The van der Waals surface area contributed by atoms with Crippen LogP contribution in [0.25, 0.3) is 0 Å². The van der Waals surface area contributed by atoms with E-state index in [-0.39, 0.29) is 0 Å². The Bertz CT molecular complexity index is 334. The third-order valence-corrected chi connectivity index (χ3v) is 2.53. The van der Waals surface area contributed by atoms with Gasteiger partial charge in [-0.25, -0.2) is 0 Å². The predicted octanol–water partition coefficient (Wildman–Crippen LogP) is -1.87. The molecule has 0 saturated heterocycles. The molecule has 8 nitrogen and oxygen atoms in total. The number of rotatable bonds is 5. The summed E-state index contributed by atoms with van der Waals surface area (Å²) >= 11 is 0. The Morgan fingerprint density at radius 3 is 1.86 bits per heavy atom. The van der Waals surface area contributed by atoms with Gasteiger partial charge in [0, 0.05) is 6.42 Å². The van der Waals surface area contributed by atoms with Gasteiger partial charge in [-0.05, 0) is 0 Å². The molecule has 0 heterocycles. The maximum atomic E-state index is 10.5. The number of carbonyl (C=O) groups is 2. The molecule has 0 aromatic rings. The minimum Gasteiger partial charge on any atom is -0.480 e. The fraction of sp³-hybridized carbons (Fsp3) is 0.600. The van der Waals surface area contributed by atoms with Crippen LogP contribution in [-0.2, 0) is 19.7 Å². The van der Waals surface area contributed by atoms with E-state index < -0.39 is 39.8 Å². The molecule has 0 aliphatic carbocycles. The van der Waals surface area contributed by atoms with Gasteiger partial charge in [-0.15, -0.1) is 0 Å². The molecule has 0 aromatic heterocycles. The molecule has 0 spiro atoms. The lowest BCUT2D eigenvalue weighted by molar-refractivity contribution is -0.139. The molecule has 0 bridgehead atoms. The summed E-state index contributed by atoms with van der Waals surface area (Å²) in [6.07, 6.45) is -0.885. The molecule has 2 atom stereocenters. The van der Waals surface area contributed by atoms with Gasteiger partial charge in [-0.3, -0.25) is 14.1 Å². The van der Waals surface area contributed by atoms with Crippen LogP contribution in [0.2, 0.25) is 0 Å². The highest BCUT2D eigenvalue weighted by atomic mass is 32.2. The zero-order chi connectivity index (χ0) is 11.5. The van der Waals surface area contributed by atoms with Crippen molar-refractivity contribution in [2.45, 2.75) is 17.7 Å². The summed E-state index contributed by atoms with van der Waals surface area (Å²) < 4.78 is 29.3. The maximum absolute atomic E-state index is 10.5. The van der Waals surface area contributed by atoms with Crippen molar-refractivity contribution in [3.05, 3.63) is 0 Å². The van der Waals surface area contributed by atoms with Crippen molar-refractivity contribution in [2.24, 2.45) is 5.73 Å². The highest BCUT2D eigenvalue weighted by molar-refractivity contribution is 7.87. The Balaban J connectivity index is 4.73. The summed E-state index contributed by atoms with van der Waals surface area (Å²) in [6.45, 7) is 0. The van der Waals surface area contributed by atoms with E-state index in [1.54, 1.807) is 0 Å². The first-order chi connectivity index (χ1) is 6.16. The molecule has 14 heavy (non-hydrogen) atoms. The molecule has 0 amide bonds. The molecule has 82 valence electrons. The Morgan fingerprint density at radius 2 is 1.64 bits per heavy atom. The van der Waals surface area contributed by atoms with Crippen molar-refractivity contribution >= 4 is 22.1 Å². The zero-order valence-electron chi connectivity index (χ0n) is 6.82. The fourth-order valence-electron chi connectivity index (χ4n) is 0.681. The lowest BCUT2D eigenvalue weighted by Crippen LogP contribution is -2.40. The average molecular weight is 227 g/mol. The molecule has 0 aliphatic rings. The van der Waals surface area contributed by atoms with Gasteiger partial charge >= 0.3 is 11.9 Å². The van der Waals surface area contributed by atoms with Crippen molar-refractivity contribution in [3.8, 4) is 0 Å². The van der Waals surface area contributed by atoms with E-state index in [1.165, 1.54) is 0 Å². The van der Waals surface area contributed by atoms with Crippen molar-refractivity contribution in [1.29, 1.82) is 0 Å². The van der Waals surface area contributed by atoms with E-state index in [0.29, 0.717) is 0 Å². The second-order valence-electron chi connectivity index (χ2n) is 2.52. The minimum absolute atomic E-state index is 0.885. The Morgan fingerprint density at radius 1 is 1.21 bits per heavy atom. The van der Waals surface area contributed by atoms with Gasteiger partial charge in [0.15, 0.2) is 5.25 Å². The van der Waals surface area contributed by atoms with E-state index in [2.05, 4.69) is 0 Å². The lowest BCUT2D eigenvalue weighted by atomic mass is 10.2. The molecule has 0 rings (SSSR count). The molecule has 0 saturated carbocycles. The van der Waals surface area contributed by atoms with Crippen LogP contribution >= 0.6 is 0 Å². The Kier molecular flexibility index (Phi) is 3.98. The SMILES string of the molecule is N[C@@H](CC(C(=O)O)S(=O)(=O)O)C(=O)O. The topological polar surface area (TPSA) is 155 Å². The van der Waals surface area contributed by atoms with Gasteiger partial charge in [-0.1, -0.05) is 0 Å². The molecule has 5 N–H and O–H groups in total. The number of carboxylic acids is 2. The van der Waals surface area contributed by atoms with Crippen molar-refractivity contribution < 1.29 is 32.8 Å². The number of hydrogen-bond acceptors (Lipinski definition) is 5. The van der Waals surface area contributed by atoms with E-state index >= 15 is 0 Å². The lowest BCUT2D eigenvalue weighted by Gasteiger charge is -2.11. The molecule has 0 aliphatic heterocycles. The number of nitrogens with two attached hydrogens (primary N) is 1. The molecule has 9 heteroatoms. The Labute approximate surface area is 79.1 Å². The van der Waals surface area contributed by atoms with E-state index in [0.717, 1.165) is 0 Å². The standard InChI is InChI=1S/C5H9NO7S/c6-2(4(7)8)1-3(5(9)10)14(11,12)13/h2-3H,1,6H2,(H,7,8)(H,9,10)(H,11,12,13)/t2-,3?/m0/s1. The van der Waals surface area contributed by atoms with Crippen molar-refractivity contribution in [3.63, 3.8) is 0 Å². The van der Waals surface area contributed by atoms with Gasteiger partial charge < -0.3 is 15.9 Å². The van der Waals surface area contributed by atoms with Crippen LogP contribution in [0.3, 0.4) is 0 Å². The van der Waals surface area contributed by atoms with Crippen LogP contribution in [0.1, 0.15) is 6.42 Å². The van der Waals surface area contributed by atoms with Gasteiger partial charge in [0.25, 0.3) is 10.1 Å². The van der Waals surface area contributed by atoms with Crippen molar-refractivity contribution in [2.75, 3.05) is 0 Å². The average Bonchev–Trinajstić information content (AvgIpc) is 1.96. The summed E-state index contributed by atoms with van der Waals surface area (Å²) in [5.74, 6) is -3.39. The monoisotopic (exact) mass is 227 g/mol. The quantitative estimate of drug-likeness (QED) is 0.398. The largest absolute Gasteiger partial charge is 0.480 e. The first-order valence-corrected chi connectivity index (χ1v) is 4.84. The highest BCUT2D eigenvalue weighted by Gasteiger charge is 2.34. The second-order valence-corrected chi connectivity index (χ2v) is 4.12. The molecule has 0 radical (unpaired) electrons. The summed E-state index contributed by atoms with van der Waals surface area (Å²) in [7, 11) is -4.84. The van der Waals surface area contributed by atoms with Crippen molar-refractivity contribution in [1.82, 2.24) is 0 Å². The molecule has 1 unspecified atom stereocenters. The van der Waals surface area contributed by atoms with Gasteiger partial charge in [0.05, 0.1) is 0 Å². The van der Waals surface area contributed by atoms with Gasteiger partial charge in [0.1, 0.15) is 6.04 Å². The summed E-state index contributed by atoms with van der Waals surface area (Å²) in [4.78, 5) is 20.5. The Hall–Kier alpha value is -1.19. The third kappa shape index (κ3) is 3.68. The number of carboxylic acid groups (broad SMARTS) is 2. The van der Waals surface area contributed by atoms with Crippen LogP contribution in [0.15, 0.2) is 0 Å². The van der Waals surface area contributed by atoms with Crippen LogP contribution in [0.4, 0.5) is 0 Å². The van der Waals surface area contributed by atoms with E-state index in [1.807, 2.05) is 0 Å². The first kappa shape index (κ1) is 12.8. The molecule has 0 aromatic carbocycles. The first-order valence-electron chi connectivity index (χ1n) is 3.33. The predicted molar refractivity (Wildman–Crippen MR) is 43.2 cm³/mol. The van der Waals surface area contributed by atoms with Crippen LogP contribution in [0, 0.1) is 0 Å². The summed E-state index contributed by atoms with van der Waals surface area (Å²) in [5.41, 5.74) is 4.91. The number of hydrogen-bond donors (Lipinski definition) is 4. The maximum Gasteiger partial charge on any atom is 0.324 e. The van der Waals surface area contributed by atoms with Crippen LogP contribution < -0.4 is 5.73 Å². The number of aliphatic carboxylic acids is 2. The van der Waals surface area contributed by atoms with Crippen LogP contribution in [0.5, 0.6) is 0 Å². The van der Waals surface area contributed by atoms with E-state index in [4.69, 9.17) is 20.5 Å². The summed E-state index contributed by atoms with van der Waals surface area (Å²) in [6, 6.07) is -1.65. The van der Waals surface area contributed by atoms with Gasteiger partial charge in [-0.2, -0.15) is 8.42 Å². The second kappa shape index (κ2) is 4.35. The molecular formula is C5H9NO7S. The minimum atomic E-state index is -4.84. The molecular weight excluding hydrogens is 218 g/mol. The highest BCUT2D eigenvalue weighted by Crippen LogP contribution is 2.07. The van der Waals surface area contributed by atoms with E-state index in [9.17, 15) is 18.0 Å². The third-order valence-electron chi connectivity index (χ3n) is 1.42. The molecule has 0 fully saturated rings.